The van der Waals surface area contributed by atoms with Crippen LogP contribution in [0.5, 0.6) is 0 Å². The van der Waals surface area contributed by atoms with Gasteiger partial charge in [0.15, 0.2) is 0 Å². The minimum Gasteiger partial charge on any atom is -0.376 e. The number of anilines is 1. The van der Waals surface area contributed by atoms with Crippen LogP contribution in [0.4, 0.5) is 5.95 Å². The molecule has 0 spiro atoms. The molecule has 1 amide bonds. The van der Waals surface area contributed by atoms with Crippen LogP contribution >= 0.6 is 0 Å². The Balaban J connectivity index is 1.76. The molecule has 116 valence electrons. The van der Waals surface area contributed by atoms with Gasteiger partial charge < -0.3 is 20.3 Å². The number of carbonyl (C=O) groups excluding carboxylic acids is 1. The molecule has 1 aliphatic rings. The zero-order chi connectivity index (χ0) is 15.1. The number of ether oxygens (including phenoxy) is 1. The van der Waals surface area contributed by atoms with Crippen LogP contribution in [-0.4, -0.2) is 67.2 Å². The van der Waals surface area contributed by atoms with Gasteiger partial charge in [-0.25, -0.2) is 9.97 Å². The lowest BCUT2D eigenvalue weighted by atomic mass is 10.2. The lowest BCUT2D eigenvalue weighted by Crippen LogP contribution is -2.31. The van der Waals surface area contributed by atoms with Crippen LogP contribution in [-0.2, 0) is 4.74 Å². The highest BCUT2D eigenvalue weighted by atomic mass is 16.5. The first-order chi connectivity index (χ1) is 10.1. The number of nitrogens with zero attached hydrogens (tertiary/aromatic N) is 3. The number of nitrogens with one attached hydrogen (secondary N) is 2. The van der Waals surface area contributed by atoms with Crippen molar-refractivity contribution in [2.75, 3.05) is 45.7 Å². The first kappa shape index (κ1) is 15.7. The Morgan fingerprint density at radius 2 is 2.19 bits per heavy atom. The predicted molar refractivity (Wildman–Crippen MR) is 80.4 cm³/mol. The van der Waals surface area contributed by atoms with E-state index in [0.29, 0.717) is 24.6 Å². The van der Waals surface area contributed by atoms with E-state index in [9.17, 15) is 4.79 Å². The Labute approximate surface area is 125 Å². The van der Waals surface area contributed by atoms with E-state index in [0.717, 1.165) is 26.0 Å². The van der Waals surface area contributed by atoms with Crippen LogP contribution in [0.2, 0.25) is 0 Å². The van der Waals surface area contributed by atoms with E-state index in [4.69, 9.17) is 4.74 Å². The second kappa shape index (κ2) is 7.90. The summed E-state index contributed by atoms with van der Waals surface area (Å²) >= 11 is 0. The molecule has 7 heteroatoms. The predicted octanol–water partition coefficient (Wildman–Crippen LogP) is 0.359. The van der Waals surface area contributed by atoms with Crippen molar-refractivity contribution in [3.8, 4) is 0 Å². The van der Waals surface area contributed by atoms with Gasteiger partial charge in [0.2, 0.25) is 5.95 Å². The van der Waals surface area contributed by atoms with Crippen molar-refractivity contribution in [2.24, 2.45) is 0 Å². The highest BCUT2D eigenvalue weighted by Crippen LogP contribution is 2.12. The second-order valence-corrected chi connectivity index (χ2v) is 5.37. The number of aromatic nitrogens is 2. The Morgan fingerprint density at radius 3 is 2.81 bits per heavy atom. The van der Waals surface area contributed by atoms with Gasteiger partial charge in [0, 0.05) is 38.6 Å². The van der Waals surface area contributed by atoms with Crippen LogP contribution < -0.4 is 10.6 Å². The van der Waals surface area contributed by atoms with Crippen molar-refractivity contribution in [3.05, 3.63) is 18.0 Å². The fourth-order valence-electron chi connectivity index (χ4n) is 2.04. The summed E-state index contributed by atoms with van der Waals surface area (Å²) in [5.74, 6) is 0.373. The first-order valence-electron chi connectivity index (χ1n) is 7.25. The van der Waals surface area contributed by atoms with E-state index < -0.39 is 0 Å². The zero-order valence-electron chi connectivity index (χ0n) is 12.6. The molecule has 1 saturated heterocycles. The van der Waals surface area contributed by atoms with Crippen LogP contribution in [0.15, 0.2) is 12.4 Å². The Hall–Kier alpha value is -1.73. The maximum atomic E-state index is 11.9. The average Bonchev–Trinajstić information content (AvgIpc) is 2.98. The molecule has 1 aromatic rings. The van der Waals surface area contributed by atoms with Gasteiger partial charge >= 0.3 is 0 Å². The molecule has 0 radical (unpaired) electrons. The smallest absolute Gasteiger partial charge is 0.254 e. The lowest BCUT2D eigenvalue weighted by Gasteiger charge is -2.11. The molecule has 21 heavy (non-hydrogen) atoms. The van der Waals surface area contributed by atoms with E-state index in [1.54, 1.807) is 0 Å². The molecule has 1 aliphatic heterocycles. The Kier molecular flexibility index (Phi) is 5.89. The molecule has 0 aromatic carbocycles. The fourth-order valence-corrected chi connectivity index (χ4v) is 2.04. The van der Waals surface area contributed by atoms with E-state index in [1.165, 1.54) is 12.4 Å². The summed E-state index contributed by atoms with van der Waals surface area (Å²) in [4.78, 5) is 22.2. The van der Waals surface area contributed by atoms with E-state index in [-0.39, 0.29) is 12.0 Å². The molecule has 2 N–H and O–H groups in total. The SMILES string of the molecule is CN(C)CCNC(=O)c1cnc(NCC2CCCO2)nc1. The van der Waals surface area contributed by atoms with Crippen LogP contribution in [0.1, 0.15) is 23.2 Å². The molecule has 1 atom stereocenters. The number of hydrogen-bond acceptors (Lipinski definition) is 6. The highest BCUT2D eigenvalue weighted by Gasteiger charge is 2.15. The maximum absolute atomic E-state index is 11.9. The molecule has 1 aromatic heterocycles. The topological polar surface area (TPSA) is 79.4 Å². The van der Waals surface area contributed by atoms with Crippen LogP contribution in [0.3, 0.4) is 0 Å². The largest absolute Gasteiger partial charge is 0.376 e. The highest BCUT2D eigenvalue weighted by molar-refractivity contribution is 5.93. The number of likely N-dealkylation sites (N-methyl/N-ethyl adjacent to an activating group) is 1. The fraction of sp³-hybridized carbons (Fsp3) is 0.643. The maximum Gasteiger partial charge on any atom is 0.254 e. The van der Waals surface area contributed by atoms with Crippen molar-refractivity contribution in [1.82, 2.24) is 20.2 Å². The molecule has 1 fully saturated rings. The van der Waals surface area contributed by atoms with Gasteiger partial charge in [-0.1, -0.05) is 0 Å². The Bertz CT molecular complexity index is 443. The van der Waals surface area contributed by atoms with Crippen molar-refractivity contribution < 1.29 is 9.53 Å². The minimum absolute atomic E-state index is 0.150. The van der Waals surface area contributed by atoms with Gasteiger partial charge in [0.25, 0.3) is 5.91 Å². The molecule has 7 nitrogen and oxygen atoms in total. The Morgan fingerprint density at radius 1 is 1.43 bits per heavy atom. The first-order valence-corrected chi connectivity index (χ1v) is 7.25. The van der Waals surface area contributed by atoms with Crippen molar-refractivity contribution in [2.45, 2.75) is 18.9 Å². The van der Waals surface area contributed by atoms with Gasteiger partial charge in [0.1, 0.15) is 0 Å². The minimum atomic E-state index is -0.150. The van der Waals surface area contributed by atoms with Crippen molar-refractivity contribution >= 4 is 11.9 Å². The van der Waals surface area contributed by atoms with Crippen molar-refractivity contribution in [1.29, 1.82) is 0 Å². The summed E-state index contributed by atoms with van der Waals surface area (Å²) in [5, 5.41) is 5.95. The summed E-state index contributed by atoms with van der Waals surface area (Å²) in [7, 11) is 3.92. The third-order valence-electron chi connectivity index (χ3n) is 3.27. The molecule has 1 unspecified atom stereocenters. The van der Waals surface area contributed by atoms with Gasteiger partial charge in [-0.05, 0) is 26.9 Å². The normalized spacial score (nSPS) is 18.0. The molecular weight excluding hydrogens is 270 g/mol. The second-order valence-electron chi connectivity index (χ2n) is 5.37. The van der Waals surface area contributed by atoms with Gasteiger partial charge in [-0.3, -0.25) is 4.79 Å². The summed E-state index contributed by atoms with van der Waals surface area (Å²) in [6.07, 6.45) is 5.49. The third-order valence-corrected chi connectivity index (χ3v) is 3.27. The number of amides is 1. The molecule has 0 bridgehead atoms. The monoisotopic (exact) mass is 293 g/mol. The van der Waals surface area contributed by atoms with Gasteiger partial charge in [-0.15, -0.1) is 0 Å². The third kappa shape index (κ3) is 5.28. The summed E-state index contributed by atoms with van der Waals surface area (Å²) in [6.45, 7) is 2.94. The number of rotatable bonds is 7. The van der Waals surface area contributed by atoms with Gasteiger partial charge in [0.05, 0.1) is 11.7 Å². The van der Waals surface area contributed by atoms with Crippen LogP contribution in [0.25, 0.3) is 0 Å². The molecular formula is C14H23N5O2. The lowest BCUT2D eigenvalue weighted by molar-refractivity contribution is 0.0950. The van der Waals surface area contributed by atoms with E-state index >= 15 is 0 Å². The number of carbonyl (C=O) groups is 1. The molecule has 2 rings (SSSR count). The summed E-state index contributed by atoms with van der Waals surface area (Å²) in [5.41, 5.74) is 0.469. The number of hydrogen-bond donors (Lipinski definition) is 2. The van der Waals surface area contributed by atoms with Crippen molar-refractivity contribution in [3.63, 3.8) is 0 Å². The van der Waals surface area contributed by atoms with Gasteiger partial charge in [-0.2, -0.15) is 0 Å². The molecule has 2 heterocycles. The molecule has 0 aliphatic carbocycles. The molecule has 0 saturated carbocycles. The average molecular weight is 293 g/mol. The zero-order valence-corrected chi connectivity index (χ0v) is 12.6. The summed E-state index contributed by atoms with van der Waals surface area (Å²) in [6, 6.07) is 0. The van der Waals surface area contributed by atoms with E-state index in [2.05, 4.69) is 20.6 Å². The van der Waals surface area contributed by atoms with E-state index in [1.807, 2.05) is 19.0 Å². The quantitative estimate of drug-likeness (QED) is 0.755. The van der Waals surface area contributed by atoms with Crippen LogP contribution in [0, 0.1) is 0 Å². The summed E-state index contributed by atoms with van der Waals surface area (Å²) < 4.78 is 5.51. The standard InChI is InChI=1S/C14H23N5O2/c1-19(2)6-5-15-13(20)11-8-16-14(17-9-11)18-10-12-4-3-7-21-12/h8-9,12H,3-7,10H2,1-2H3,(H,15,20)(H,16,17,18).